The number of Topliss-reactive ketones (excluding diaryl/α,β-unsaturated/α-hetero) is 1. The second-order valence-electron chi connectivity index (χ2n) is 3.78. The Kier molecular flexibility index (Phi) is 5.62. The van der Waals surface area contributed by atoms with E-state index in [9.17, 15) is 18.0 Å². The Morgan fingerprint density at radius 3 is 2.63 bits per heavy atom. The molecule has 0 saturated heterocycles. The lowest BCUT2D eigenvalue weighted by atomic mass is 10.1. The lowest BCUT2D eigenvalue weighted by Crippen LogP contribution is -2.21. The highest BCUT2D eigenvalue weighted by Crippen LogP contribution is 2.23. The highest BCUT2D eigenvalue weighted by Gasteiger charge is 2.27. The number of hydrogen-bond donors (Lipinski definition) is 0. The third-order valence-electron chi connectivity index (χ3n) is 2.16. The van der Waals surface area contributed by atoms with Gasteiger partial charge in [0.25, 0.3) is 0 Å². The van der Waals surface area contributed by atoms with E-state index in [-0.39, 0.29) is 6.42 Å². The summed E-state index contributed by atoms with van der Waals surface area (Å²) in [5, 5.41) is 0.416. The fraction of sp³-hybridized carbons (Fsp3) is 0.417. The molecule has 0 N–H and O–H groups in total. The standard InChI is InChI=1S/C12H12ClF3O3/c1-18-11-3-2-9(13)4-8(11)5-10(17)6-19-7-12(14,15)16/h2-4H,5-7H2,1H3. The van der Waals surface area contributed by atoms with Gasteiger partial charge in [-0.15, -0.1) is 0 Å². The quantitative estimate of drug-likeness (QED) is 0.809. The van der Waals surface area contributed by atoms with Gasteiger partial charge in [0.15, 0.2) is 5.78 Å². The summed E-state index contributed by atoms with van der Waals surface area (Å²) in [6.07, 6.45) is -4.53. The van der Waals surface area contributed by atoms with E-state index in [1.165, 1.54) is 13.2 Å². The van der Waals surface area contributed by atoms with Gasteiger partial charge in [0.2, 0.25) is 0 Å². The summed E-state index contributed by atoms with van der Waals surface area (Å²) in [6.45, 7) is -2.04. The van der Waals surface area contributed by atoms with Crippen molar-refractivity contribution in [3.63, 3.8) is 0 Å². The average molecular weight is 297 g/mol. The van der Waals surface area contributed by atoms with Crippen molar-refractivity contribution in [2.75, 3.05) is 20.3 Å². The molecule has 0 aromatic heterocycles. The van der Waals surface area contributed by atoms with Gasteiger partial charge in [-0.3, -0.25) is 4.79 Å². The third kappa shape index (κ3) is 5.94. The minimum absolute atomic E-state index is 0.0956. The van der Waals surface area contributed by atoms with Gasteiger partial charge in [-0.25, -0.2) is 0 Å². The highest BCUT2D eigenvalue weighted by molar-refractivity contribution is 6.30. The van der Waals surface area contributed by atoms with E-state index in [4.69, 9.17) is 16.3 Å². The van der Waals surface area contributed by atoms with Crippen molar-refractivity contribution in [1.29, 1.82) is 0 Å². The zero-order chi connectivity index (χ0) is 14.5. The van der Waals surface area contributed by atoms with Crippen LogP contribution in [-0.2, 0) is 16.0 Å². The monoisotopic (exact) mass is 296 g/mol. The number of ether oxygens (including phenoxy) is 2. The Labute approximate surface area is 113 Å². The molecule has 0 aliphatic heterocycles. The van der Waals surface area contributed by atoms with E-state index in [0.717, 1.165) is 0 Å². The second kappa shape index (κ2) is 6.77. The van der Waals surface area contributed by atoms with Crippen molar-refractivity contribution in [2.45, 2.75) is 12.6 Å². The normalized spacial score (nSPS) is 11.4. The van der Waals surface area contributed by atoms with Crippen LogP contribution in [0.15, 0.2) is 18.2 Å². The molecule has 0 radical (unpaired) electrons. The molecular weight excluding hydrogens is 285 g/mol. The molecule has 0 aliphatic carbocycles. The van der Waals surface area contributed by atoms with Crippen molar-refractivity contribution in [3.05, 3.63) is 28.8 Å². The zero-order valence-electron chi connectivity index (χ0n) is 10.1. The summed E-state index contributed by atoms with van der Waals surface area (Å²) in [5.41, 5.74) is 0.510. The fourth-order valence-corrected chi connectivity index (χ4v) is 1.62. The first kappa shape index (κ1) is 15.8. The number of ketones is 1. The van der Waals surface area contributed by atoms with E-state index < -0.39 is 25.2 Å². The maximum absolute atomic E-state index is 11.8. The molecule has 0 aliphatic rings. The first-order valence-corrected chi connectivity index (χ1v) is 5.68. The topological polar surface area (TPSA) is 35.5 Å². The maximum atomic E-state index is 11.8. The molecule has 1 aromatic carbocycles. The first-order valence-electron chi connectivity index (χ1n) is 5.30. The van der Waals surface area contributed by atoms with Crippen LogP contribution in [0.2, 0.25) is 5.02 Å². The Hall–Kier alpha value is -1.27. The summed E-state index contributed by atoms with van der Waals surface area (Å²) in [6, 6.07) is 4.71. The number of hydrogen-bond acceptors (Lipinski definition) is 3. The van der Waals surface area contributed by atoms with Gasteiger partial charge in [0.05, 0.1) is 7.11 Å². The summed E-state index contributed by atoms with van der Waals surface area (Å²) in [5.74, 6) is -0.0293. The van der Waals surface area contributed by atoms with Crippen molar-refractivity contribution in [3.8, 4) is 5.75 Å². The van der Waals surface area contributed by atoms with Crippen LogP contribution >= 0.6 is 11.6 Å². The molecule has 0 fully saturated rings. The molecule has 106 valence electrons. The summed E-state index contributed by atoms with van der Waals surface area (Å²) >= 11 is 5.77. The van der Waals surface area contributed by atoms with E-state index in [1.807, 2.05) is 0 Å². The smallest absolute Gasteiger partial charge is 0.411 e. The summed E-state index contributed by atoms with van der Waals surface area (Å²) in [4.78, 5) is 11.5. The van der Waals surface area contributed by atoms with E-state index in [1.54, 1.807) is 12.1 Å². The molecule has 0 atom stereocenters. The number of halogens is 4. The molecule has 1 rings (SSSR count). The molecule has 19 heavy (non-hydrogen) atoms. The minimum Gasteiger partial charge on any atom is -0.496 e. The predicted octanol–water partition coefficient (Wildman–Crippen LogP) is 3.04. The summed E-state index contributed by atoms with van der Waals surface area (Å²) in [7, 11) is 1.43. The molecule has 1 aromatic rings. The van der Waals surface area contributed by atoms with Crippen molar-refractivity contribution in [2.24, 2.45) is 0 Å². The number of rotatable bonds is 6. The Balaban J connectivity index is 2.55. The first-order chi connectivity index (χ1) is 8.81. The SMILES string of the molecule is COc1ccc(Cl)cc1CC(=O)COCC(F)(F)F. The van der Waals surface area contributed by atoms with Crippen LogP contribution in [0.25, 0.3) is 0 Å². The summed E-state index contributed by atoms with van der Waals surface area (Å²) < 4.78 is 44.8. The van der Waals surface area contributed by atoms with E-state index >= 15 is 0 Å². The van der Waals surface area contributed by atoms with Crippen molar-refractivity contribution >= 4 is 17.4 Å². The third-order valence-corrected chi connectivity index (χ3v) is 2.39. The molecular formula is C12H12ClF3O3. The van der Waals surface area contributed by atoms with Gasteiger partial charge in [0, 0.05) is 17.0 Å². The fourth-order valence-electron chi connectivity index (χ4n) is 1.43. The highest BCUT2D eigenvalue weighted by atomic mass is 35.5. The van der Waals surface area contributed by atoms with Crippen LogP contribution in [0.1, 0.15) is 5.56 Å². The Morgan fingerprint density at radius 1 is 1.37 bits per heavy atom. The van der Waals surface area contributed by atoms with Crippen LogP contribution in [0.4, 0.5) is 13.2 Å². The number of alkyl halides is 3. The number of carbonyl (C=O) groups is 1. The number of carbonyl (C=O) groups excluding carboxylic acids is 1. The van der Waals surface area contributed by atoms with Crippen LogP contribution in [0.3, 0.4) is 0 Å². The van der Waals surface area contributed by atoms with Gasteiger partial charge in [-0.05, 0) is 18.2 Å². The minimum atomic E-state index is -4.44. The van der Waals surface area contributed by atoms with Gasteiger partial charge in [0.1, 0.15) is 19.0 Å². The molecule has 0 unspecified atom stereocenters. The van der Waals surface area contributed by atoms with Crippen molar-refractivity contribution < 1.29 is 27.4 Å². The molecule has 0 heterocycles. The largest absolute Gasteiger partial charge is 0.496 e. The van der Waals surface area contributed by atoms with E-state index in [2.05, 4.69) is 4.74 Å². The maximum Gasteiger partial charge on any atom is 0.411 e. The van der Waals surface area contributed by atoms with E-state index in [0.29, 0.717) is 16.3 Å². The molecule has 0 amide bonds. The molecule has 0 bridgehead atoms. The Bertz CT molecular complexity index is 446. The van der Waals surface area contributed by atoms with Gasteiger partial charge in [-0.1, -0.05) is 11.6 Å². The lowest BCUT2D eigenvalue weighted by Gasteiger charge is -2.09. The molecule has 0 spiro atoms. The molecule has 3 nitrogen and oxygen atoms in total. The van der Waals surface area contributed by atoms with Crippen LogP contribution in [-0.4, -0.2) is 32.3 Å². The Morgan fingerprint density at radius 2 is 2.05 bits per heavy atom. The van der Waals surface area contributed by atoms with Crippen LogP contribution in [0, 0.1) is 0 Å². The number of benzene rings is 1. The van der Waals surface area contributed by atoms with Gasteiger partial charge < -0.3 is 9.47 Å². The number of methoxy groups -OCH3 is 1. The second-order valence-corrected chi connectivity index (χ2v) is 4.22. The predicted molar refractivity (Wildman–Crippen MR) is 63.6 cm³/mol. The average Bonchev–Trinajstić information content (AvgIpc) is 2.27. The van der Waals surface area contributed by atoms with Crippen molar-refractivity contribution in [1.82, 2.24) is 0 Å². The molecule has 0 saturated carbocycles. The van der Waals surface area contributed by atoms with Gasteiger partial charge in [-0.2, -0.15) is 13.2 Å². The molecule has 7 heteroatoms. The van der Waals surface area contributed by atoms with Crippen LogP contribution in [0.5, 0.6) is 5.75 Å². The lowest BCUT2D eigenvalue weighted by molar-refractivity contribution is -0.175. The zero-order valence-corrected chi connectivity index (χ0v) is 10.8. The van der Waals surface area contributed by atoms with Crippen LogP contribution < -0.4 is 4.74 Å². The van der Waals surface area contributed by atoms with Gasteiger partial charge >= 0.3 is 6.18 Å².